The summed E-state index contributed by atoms with van der Waals surface area (Å²) in [6.07, 6.45) is 6.49. The first kappa shape index (κ1) is 16.5. The summed E-state index contributed by atoms with van der Waals surface area (Å²) < 4.78 is 5.43. The molecule has 0 spiro atoms. The summed E-state index contributed by atoms with van der Waals surface area (Å²) in [4.78, 5) is 21.7. The molecule has 0 aliphatic carbocycles. The maximum absolute atomic E-state index is 12.2. The molecule has 0 aromatic carbocycles. The summed E-state index contributed by atoms with van der Waals surface area (Å²) in [5.74, 6) is 0.318. The third-order valence-electron chi connectivity index (χ3n) is 3.28. The molecule has 120 valence electrons. The molecular weight excluding hydrogens is 304 g/mol. The number of carbonyl (C=O) groups is 1. The molecule has 22 heavy (non-hydrogen) atoms. The maximum Gasteiger partial charge on any atom is 0.410 e. The Morgan fingerprint density at radius 3 is 2.86 bits per heavy atom. The first-order chi connectivity index (χ1) is 10.3. The molecule has 0 unspecified atom stereocenters. The van der Waals surface area contributed by atoms with E-state index in [0.29, 0.717) is 23.1 Å². The Bertz CT molecular complexity index is 563. The van der Waals surface area contributed by atoms with Gasteiger partial charge in [-0.15, -0.1) is 0 Å². The van der Waals surface area contributed by atoms with Crippen LogP contribution in [0.5, 0.6) is 0 Å². The fraction of sp³-hybridized carbons (Fsp3) is 0.533. The van der Waals surface area contributed by atoms with Gasteiger partial charge in [0.05, 0.1) is 11.6 Å². The van der Waals surface area contributed by atoms with Crippen LogP contribution in [0.1, 0.15) is 39.2 Å². The molecule has 1 atom stereocenters. The fourth-order valence-corrected chi connectivity index (χ4v) is 2.49. The number of anilines is 1. The second-order valence-corrected chi connectivity index (χ2v) is 6.56. The summed E-state index contributed by atoms with van der Waals surface area (Å²) in [7, 11) is 0. The topological polar surface area (TPSA) is 81.3 Å². The molecular formula is C15H21ClN4O2. The molecule has 0 bridgehead atoms. The Morgan fingerprint density at radius 1 is 1.50 bits per heavy atom. The molecule has 2 heterocycles. The molecule has 2 rings (SSSR count). The average molecular weight is 325 g/mol. The number of hydrogen-bond acceptors (Lipinski definition) is 5. The quantitative estimate of drug-likeness (QED) is 0.845. The van der Waals surface area contributed by atoms with Gasteiger partial charge < -0.3 is 15.4 Å². The van der Waals surface area contributed by atoms with Gasteiger partial charge >= 0.3 is 6.09 Å². The van der Waals surface area contributed by atoms with Gasteiger partial charge in [-0.25, -0.2) is 14.8 Å². The highest BCUT2D eigenvalue weighted by molar-refractivity contribution is 6.31. The molecule has 1 fully saturated rings. The van der Waals surface area contributed by atoms with E-state index < -0.39 is 5.60 Å². The Labute approximate surface area is 135 Å². The number of halogens is 1. The van der Waals surface area contributed by atoms with Crippen molar-refractivity contribution in [3.05, 3.63) is 23.1 Å². The molecule has 2 N–H and O–H groups in total. The van der Waals surface area contributed by atoms with Gasteiger partial charge in [0.25, 0.3) is 0 Å². The minimum Gasteiger partial charge on any atom is -0.444 e. The lowest BCUT2D eigenvalue weighted by Crippen LogP contribution is -2.39. The monoisotopic (exact) mass is 324 g/mol. The van der Waals surface area contributed by atoms with Crippen molar-refractivity contribution in [2.24, 2.45) is 0 Å². The molecule has 0 radical (unpaired) electrons. The standard InChI is InChI=1S/C15H21ClN4O2/c1-15(2,3)22-14(21)20-8-4-5-10(20)6-7-11-12(16)18-9-19-13(11)17/h6-7,9-10H,4-5,8H2,1-3H3,(H2,17,18,19)/t10-/m0/s1. The van der Waals surface area contributed by atoms with Gasteiger partial charge in [-0.1, -0.05) is 23.8 Å². The number of ether oxygens (including phenoxy) is 1. The van der Waals surface area contributed by atoms with E-state index in [0.717, 1.165) is 12.8 Å². The van der Waals surface area contributed by atoms with Crippen molar-refractivity contribution in [3.8, 4) is 0 Å². The molecule has 1 amide bonds. The van der Waals surface area contributed by atoms with Crippen molar-refractivity contribution >= 4 is 29.6 Å². The minimum absolute atomic E-state index is 0.0366. The second-order valence-electron chi connectivity index (χ2n) is 6.21. The van der Waals surface area contributed by atoms with Gasteiger partial charge in [0.15, 0.2) is 0 Å². The summed E-state index contributed by atoms with van der Waals surface area (Å²) >= 11 is 6.01. The van der Waals surface area contributed by atoms with Crippen LogP contribution < -0.4 is 5.73 Å². The molecule has 1 aliphatic heterocycles. The van der Waals surface area contributed by atoms with E-state index in [-0.39, 0.29) is 12.1 Å². The van der Waals surface area contributed by atoms with Crippen molar-refractivity contribution in [3.63, 3.8) is 0 Å². The van der Waals surface area contributed by atoms with E-state index in [1.165, 1.54) is 6.33 Å². The number of nitrogens with two attached hydrogens (primary N) is 1. The van der Waals surface area contributed by atoms with Crippen LogP contribution in [0.4, 0.5) is 10.6 Å². The third-order valence-corrected chi connectivity index (χ3v) is 3.58. The number of rotatable bonds is 2. The summed E-state index contributed by atoms with van der Waals surface area (Å²) in [6.45, 7) is 6.24. The van der Waals surface area contributed by atoms with Gasteiger partial charge in [-0.05, 0) is 33.6 Å². The van der Waals surface area contributed by atoms with Gasteiger partial charge in [0.2, 0.25) is 0 Å². The highest BCUT2D eigenvalue weighted by Crippen LogP contribution is 2.24. The van der Waals surface area contributed by atoms with Crippen molar-refractivity contribution in [1.29, 1.82) is 0 Å². The Kier molecular flexibility index (Phi) is 4.90. The Hall–Kier alpha value is -1.82. The highest BCUT2D eigenvalue weighted by atomic mass is 35.5. The van der Waals surface area contributed by atoms with Gasteiger partial charge in [-0.3, -0.25) is 0 Å². The predicted molar refractivity (Wildman–Crippen MR) is 86.5 cm³/mol. The first-order valence-electron chi connectivity index (χ1n) is 7.22. The average Bonchev–Trinajstić information content (AvgIpc) is 2.84. The van der Waals surface area contributed by atoms with Gasteiger partial charge in [-0.2, -0.15) is 0 Å². The van der Waals surface area contributed by atoms with Crippen molar-refractivity contribution in [2.45, 2.75) is 45.3 Å². The number of amides is 1. The number of carbonyl (C=O) groups excluding carboxylic acids is 1. The molecule has 0 saturated carbocycles. The summed E-state index contributed by atoms with van der Waals surface area (Å²) in [5, 5.41) is 0.297. The lowest BCUT2D eigenvalue weighted by atomic mass is 10.1. The normalized spacial score (nSPS) is 18.9. The van der Waals surface area contributed by atoms with Crippen molar-refractivity contribution < 1.29 is 9.53 Å². The smallest absolute Gasteiger partial charge is 0.410 e. The van der Waals surface area contributed by atoms with E-state index in [9.17, 15) is 4.79 Å². The van der Waals surface area contributed by atoms with Crippen LogP contribution in [0.15, 0.2) is 12.4 Å². The predicted octanol–water partition coefficient (Wildman–Crippen LogP) is 3.12. The summed E-state index contributed by atoms with van der Waals surface area (Å²) in [5.41, 5.74) is 5.86. The number of nitrogen functional groups attached to an aromatic ring is 1. The van der Waals surface area contributed by atoms with Crippen molar-refractivity contribution in [2.75, 3.05) is 12.3 Å². The van der Waals surface area contributed by atoms with Crippen molar-refractivity contribution in [1.82, 2.24) is 14.9 Å². The zero-order chi connectivity index (χ0) is 16.3. The van der Waals surface area contributed by atoms with Crippen LogP contribution >= 0.6 is 11.6 Å². The third kappa shape index (κ3) is 4.10. The Balaban J connectivity index is 2.11. The molecule has 1 saturated heterocycles. The van der Waals surface area contributed by atoms with Gasteiger partial charge in [0, 0.05) is 6.54 Å². The fourth-order valence-electron chi connectivity index (χ4n) is 2.29. The second kappa shape index (κ2) is 6.52. The molecule has 6 nitrogen and oxygen atoms in total. The van der Waals surface area contributed by atoms with Crippen LogP contribution in [0.3, 0.4) is 0 Å². The van der Waals surface area contributed by atoms with E-state index in [1.54, 1.807) is 11.0 Å². The zero-order valence-electron chi connectivity index (χ0n) is 13.0. The number of likely N-dealkylation sites (tertiary alicyclic amines) is 1. The number of aromatic nitrogens is 2. The van der Waals surface area contributed by atoms with E-state index in [2.05, 4.69) is 9.97 Å². The molecule has 1 aliphatic rings. The molecule has 1 aromatic heterocycles. The number of nitrogens with zero attached hydrogens (tertiary/aromatic N) is 3. The number of hydrogen-bond donors (Lipinski definition) is 1. The summed E-state index contributed by atoms with van der Waals surface area (Å²) in [6, 6.07) is -0.0366. The lowest BCUT2D eigenvalue weighted by molar-refractivity contribution is 0.0256. The van der Waals surface area contributed by atoms with E-state index in [4.69, 9.17) is 22.1 Å². The van der Waals surface area contributed by atoms with Crippen LogP contribution in [0.2, 0.25) is 5.15 Å². The van der Waals surface area contributed by atoms with Gasteiger partial charge in [0.1, 0.15) is 22.9 Å². The highest BCUT2D eigenvalue weighted by Gasteiger charge is 2.30. The maximum atomic E-state index is 12.2. The largest absolute Gasteiger partial charge is 0.444 e. The SMILES string of the molecule is CC(C)(C)OC(=O)N1CCC[C@H]1C=Cc1c(N)ncnc1Cl. The first-order valence-corrected chi connectivity index (χ1v) is 7.59. The molecule has 1 aromatic rings. The van der Waals surface area contributed by atoms with Crippen LogP contribution in [-0.4, -0.2) is 39.1 Å². The lowest BCUT2D eigenvalue weighted by Gasteiger charge is -2.27. The van der Waals surface area contributed by atoms with E-state index >= 15 is 0 Å². The van der Waals surface area contributed by atoms with Crippen LogP contribution in [0, 0.1) is 0 Å². The van der Waals surface area contributed by atoms with Crippen LogP contribution in [-0.2, 0) is 4.74 Å². The minimum atomic E-state index is -0.505. The zero-order valence-corrected chi connectivity index (χ0v) is 13.8. The van der Waals surface area contributed by atoms with E-state index in [1.807, 2.05) is 26.8 Å². The molecule has 7 heteroatoms. The van der Waals surface area contributed by atoms with Crippen LogP contribution in [0.25, 0.3) is 6.08 Å². The Morgan fingerprint density at radius 2 is 2.23 bits per heavy atom.